The molecule has 0 aromatic rings. The molecule has 0 aliphatic heterocycles. The second-order valence-corrected chi connectivity index (χ2v) is 3.01. The quantitative estimate of drug-likeness (QED) is 0.628. The largest absolute Gasteiger partial charge is 0.385 e. The van der Waals surface area contributed by atoms with Crippen molar-refractivity contribution in [2.75, 3.05) is 0 Å². The Kier molecular flexibility index (Phi) is 5.93. The van der Waals surface area contributed by atoms with E-state index in [9.17, 15) is 15.0 Å². The lowest BCUT2D eigenvalue weighted by Gasteiger charge is -2.12. The van der Waals surface area contributed by atoms with Crippen molar-refractivity contribution in [3.63, 3.8) is 0 Å². The average Bonchev–Trinajstić information content (AvgIpc) is 2.04. The van der Waals surface area contributed by atoms with Crippen molar-refractivity contribution in [2.45, 2.75) is 51.7 Å². The molecule has 0 radical (unpaired) electrons. The topological polar surface area (TPSA) is 57.5 Å². The van der Waals surface area contributed by atoms with E-state index in [1.165, 1.54) is 0 Å². The van der Waals surface area contributed by atoms with E-state index in [0.717, 1.165) is 12.8 Å². The molecule has 3 nitrogen and oxygen atoms in total. The number of Topliss-reactive ketones (excluding diaryl/α,β-unsaturated/α-hetero) is 1. The molecule has 0 aromatic heterocycles. The molecule has 2 N–H and O–H groups in total. The second-order valence-electron chi connectivity index (χ2n) is 3.01. The molecule has 0 aliphatic carbocycles. The summed E-state index contributed by atoms with van der Waals surface area (Å²) >= 11 is 0. The summed E-state index contributed by atoms with van der Waals surface area (Å²) in [6, 6.07) is 0. The van der Waals surface area contributed by atoms with Crippen LogP contribution in [0.3, 0.4) is 0 Å². The van der Waals surface area contributed by atoms with E-state index in [1.807, 2.05) is 13.8 Å². The number of carbonyl (C=O) groups excluding carboxylic acids is 1. The van der Waals surface area contributed by atoms with Crippen molar-refractivity contribution in [3.05, 3.63) is 0 Å². The van der Waals surface area contributed by atoms with Gasteiger partial charge in [0.25, 0.3) is 0 Å². The Morgan fingerprint density at radius 3 is 1.67 bits per heavy atom. The predicted molar refractivity (Wildman–Crippen MR) is 46.8 cm³/mol. The first-order chi connectivity index (χ1) is 5.63. The molecule has 0 heterocycles. The highest BCUT2D eigenvalue weighted by atomic mass is 16.3. The minimum atomic E-state index is -0.975. The standard InChI is InChI=1S/C9H18O3/c1-3-5-7(10)9(12)8(11)6-4-2/h7-8,10-11H,3-6H2,1-2H3. The van der Waals surface area contributed by atoms with Gasteiger partial charge in [-0.25, -0.2) is 0 Å². The highest BCUT2D eigenvalue weighted by molar-refractivity contribution is 5.86. The summed E-state index contributed by atoms with van der Waals surface area (Å²) in [4.78, 5) is 11.1. The molecule has 0 saturated heterocycles. The van der Waals surface area contributed by atoms with Crippen LogP contribution in [0.2, 0.25) is 0 Å². The summed E-state index contributed by atoms with van der Waals surface area (Å²) in [6.45, 7) is 3.78. The van der Waals surface area contributed by atoms with Crippen molar-refractivity contribution in [1.29, 1.82) is 0 Å². The summed E-state index contributed by atoms with van der Waals surface area (Å²) in [5, 5.41) is 18.4. The third kappa shape index (κ3) is 3.83. The van der Waals surface area contributed by atoms with Crippen LogP contribution < -0.4 is 0 Å². The van der Waals surface area contributed by atoms with Crippen LogP contribution in [0.15, 0.2) is 0 Å². The Balaban J connectivity index is 3.82. The number of rotatable bonds is 6. The van der Waals surface area contributed by atoms with Gasteiger partial charge in [0.2, 0.25) is 0 Å². The van der Waals surface area contributed by atoms with Crippen LogP contribution in [0.5, 0.6) is 0 Å². The van der Waals surface area contributed by atoms with Gasteiger partial charge in [-0.05, 0) is 12.8 Å². The van der Waals surface area contributed by atoms with Crippen molar-refractivity contribution in [2.24, 2.45) is 0 Å². The van der Waals surface area contributed by atoms with Crippen molar-refractivity contribution < 1.29 is 15.0 Å². The molecule has 0 bridgehead atoms. The maximum Gasteiger partial charge on any atom is 0.189 e. The van der Waals surface area contributed by atoms with Gasteiger partial charge in [0.15, 0.2) is 5.78 Å². The summed E-state index contributed by atoms with van der Waals surface area (Å²) in [7, 11) is 0. The van der Waals surface area contributed by atoms with Crippen LogP contribution in [-0.4, -0.2) is 28.2 Å². The molecule has 0 spiro atoms. The van der Waals surface area contributed by atoms with Crippen LogP contribution in [0.1, 0.15) is 39.5 Å². The van der Waals surface area contributed by atoms with Gasteiger partial charge < -0.3 is 10.2 Å². The van der Waals surface area contributed by atoms with Gasteiger partial charge in [0.05, 0.1) is 0 Å². The number of carbonyl (C=O) groups is 1. The van der Waals surface area contributed by atoms with E-state index in [4.69, 9.17) is 0 Å². The van der Waals surface area contributed by atoms with Crippen molar-refractivity contribution in [3.8, 4) is 0 Å². The van der Waals surface area contributed by atoms with E-state index in [-0.39, 0.29) is 0 Å². The number of hydrogen-bond donors (Lipinski definition) is 2. The van der Waals surface area contributed by atoms with Crippen LogP contribution in [0.4, 0.5) is 0 Å². The highest BCUT2D eigenvalue weighted by Crippen LogP contribution is 2.05. The Morgan fingerprint density at radius 1 is 1.08 bits per heavy atom. The molecule has 2 unspecified atom stereocenters. The predicted octanol–water partition coefficient (Wildman–Crippen LogP) is 0.878. The van der Waals surface area contributed by atoms with Gasteiger partial charge in [0.1, 0.15) is 12.2 Å². The summed E-state index contributed by atoms with van der Waals surface area (Å²) in [6.07, 6.45) is 0.449. The van der Waals surface area contributed by atoms with Crippen molar-refractivity contribution in [1.82, 2.24) is 0 Å². The summed E-state index contributed by atoms with van der Waals surface area (Å²) in [5.41, 5.74) is 0. The maximum absolute atomic E-state index is 11.1. The fourth-order valence-electron chi connectivity index (χ4n) is 1.05. The van der Waals surface area contributed by atoms with E-state index in [0.29, 0.717) is 12.8 Å². The molecule has 0 aliphatic rings. The lowest BCUT2D eigenvalue weighted by atomic mass is 10.0. The molecule has 3 heteroatoms. The highest BCUT2D eigenvalue weighted by Gasteiger charge is 2.21. The van der Waals surface area contributed by atoms with E-state index in [2.05, 4.69) is 0 Å². The molecule has 12 heavy (non-hydrogen) atoms. The van der Waals surface area contributed by atoms with Crippen molar-refractivity contribution >= 4 is 5.78 Å². The lowest BCUT2D eigenvalue weighted by Crippen LogP contribution is -2.31. The second kappa shape index (κ2) is 6.14. The number of hydrogen-bond acceptors (Lipinski definition) is 3. The Bertz CT molecular complexity index is 120. The first-order valence-corrected chi connectivity index (χ1v) is 4.53. The molecule has 72 valence electrons. The minimum absolute atomic E-state index is 0.432. The van der Waals surface area contributed by atoms with Crippen LogP contribution in [-0.2, 0) is 4.79 Å². The van der Waals surface area contributed by atoms with Gasteiger partial charge in [-0.2, -0.15) is 0 Å². The maximum atomic E-state index is 11.1. The third-order valence-electron chi connectivity index (χ3n) is 1.78. The molecular formula is C9H18O3. The SMILES string of the molecule is CCCC(O)C(=O)C(O)CCC. The van der Waals surface area contributed by atoms with Gasteiger partial charge in [-0.15, -0.1) is 0 Å². The van der Waals surface area contributed by atoms with Gasteiger partial charge >= 0.3 is 0 Å². The Morgan fingerprint density at radius 2 is 1.42 bits per heavy atom. The van der Waals surface area contributed by atoms with Crippen LogP contribution in [0.25, 0.3) is 0 Å². The number of aliphatic hydroxyl groups excluding tert-OH is 2. The first-order valence-electron chi connectivity index (χ1n) is 4.53. The zero-order valence-electron chi connectivity index (χ0n) is 7.79. The first kappa shape index (κ1) is 11.6. The summed E-state index contributed by atoms with van der Waals surface area (Å²) in [5.74, 6) is -0.432. The van der Waals surface area contributed by atoms with Crippen LogP contribution in [0, 0.1) is 0 Å². The third-order valence-corrected chi connectivity index (χ3v) is 1.78. The molecule has 0 saturated carbocycles. The summed E-state index contributed by atoms with van der Waals surface area (Å²) < 4.78 is 0. The molecule has 0 rings (SSSR count). The van der Waals surface area contributed by atoms with E-state index >= 15 is 0 Å². The zero-order valence-corrected chi connectivity index (χ0v) is 7.79. The normalized spacial score (nSPS) is 15.7. The average molecular weight is 174 g/mol. The molecule has 0 aromatic carbocycles. The minimum Gasteiger partial charge on any atom is -0.385 e. The number of aliphatic hydroxyl groups is 2. The van der Waals surface area contributed by atoms with E-state index < -0.39 is 18.0 Å². The van der Waals surface area contributed by atoms with Gasteiger partial charge in [0, 0.05) is 0 Å². The molecule has 0 amide bonds. The molecule has 2 atom stereocenters. The van der Waals surface area contributed by atoms with Gasteiger partial charge in [-0.1, -0.05) is 26.7 Å². The van der Waals surface area contributed by atoms with Gasteiger partial charge in [-0.3, -0.25) is 4.79 Å². The van der Waals surface area contributed by atoms with E-state index in [1.54, 1.807) is 0 Å². The smallest absolute Gasteiger partial charge is 0.189 e. The Labute approximate surface area is 73.4 Å². The molecular weight excluding hydrogens is 156 g/mol. The lowest BCUT2D eigenvalue weighted by molar-refractivity contribution is -0.136. The zero-order chi connectivity index (χ0) is 9.56. The molecule has 0 fully saturated rings. The fourth-order valence-corrected chi connectivity index (χ4v) is 1.05. The monoisotopic (exact) mass is 174 g/mol. The fraction of sp³-hybridized carbons (Fsp3) is 0.889. The van der Waals surface area contributed by atoms with Crippen LogP contribution >= 0.6 is 0 Å². The Hall–Kier alpha value is -0.410. The number of ketones is 1.